The molecule has 0 aromatic rings. The van der Waals surface area contributed by atoms with E-state index in [-0.39, 0.29) is 12.0 Å². The van der Waals surface area contributed by atoms with Crippen LogP contribution in [0.3, 0.4) is 0 Å². The summed E-state index contributed by atoms with van der Waals surface area (Å²) in [5.74, 6) is 0.868. The first-order chi connectivity index (χ1) is 5.66. The van der Waals surface area contributed by atoms with Crippen LogP contribution in [0.25, 0.3) is 0 Å². The van der Waals surface area contributed by atoms with Crippen LogP contribution in [0, 0.1) is 11.8 Å². The molecule has 1 aliphatic heterocycles. The maximum absolute atomic E-state index is 11.2. The van der Waals surface area contributed by atoms with Gasteiger partial charge in [-0.25, -0.2) is 0 Å². The molecule has 0 aromatic carbocycles. The van der Waals surface area contributed by atoms with Gasteiger partial charge in [0.25, 0.3) is 0 Å². The van der Waals surface area contributed by atoms with Crippen molar-refractivity contribution >= 4 is 5.97 Å². The molecule has 0 radical (unpaired) electrons. The highest BCUT2D eigenvalue weighted by atomic mass is 16.5. The number of carbonyl (C=O) groups is 1. The number of ether oxygens (including phenoxy) is 1. The Labute approximate surface area is 73.5 Å². The molecule has 1 N–H and O–H groups in total. The minimum atomic E-state index is -0.119. The Kier molecular flexibility index (Phi) is 3.09. The van der Waals surface area contributed by atoms with E-state index in [9.17, 15) is 4.79 Å². The summed E-state index contributed by atoms with van der Waals surface area (Å²) in [6, 6.07) is -0.0741. The van der Waals surface area contributed by atoms with Gasteiger partial charge in [-0.15, -0.1) is 0 Å². The Hall–Kier alpha value is -0.570. The fourth-order valence-electron chi connectivity index (χ4n) is 1.83. The van der Waals surface area contributed by atoms with Crippen molar-refractivity contribution < 1.29 is 9.53 Å². The van der Waals surface area contributed by atoms with Gasteiger partial charge >= 0.3 is 5.97 Å². The van der Waals surface area contributed by atoms with E-state index in [4.69, 9.17) is 4.74 Å². The number of hydrogen-bond acceptors (Lipinski definition) is 3. The van der Waals surface area contributed by atoms with Gasteiger partial charge < -0.3 is 10.1 Å². The molecule has 1 aliphatic rings. The van der Waals surface area contributed by atoms with Crippen molar-refractivity contribution in [2.24, 2.45) is 11.8 Å². The Morgan fingerprint density at radius 1 is 1.58 bits per heavy atom. The molecule has 0 spiro atoms. The summed E-state index contributed by atoms with van der Waals surface area (Å²) in [5.41, 5.74) is 0. The highest BCUT2D eigenvalue weighted by Gasteiger charge is 2.34. The molecule has 2 atom stereocenters. The van der Waals surface area contributed by atoms with E-state index in [1.54, 1.807) is 0 Å². The maximum atomic E-state index is 11.2. The Morgan fingerprint density at radius 3 is 2.75 bits per heavy atom. The SMILES string of the molecule is COC(=O)[C@H]1NCCC1C(C)C. The van der Waals surface area contributed by atoms with E-state index in [1.807, 2.05) is 0 Å². The third kappa shape index (κ3) is 1.78. The number of nitrogens with one attached hydrogen (secondary N) is 1. The maximum Gasteiger partial charge on any atom is 0.323 e. The number of hydrogen-bond donors (Lipinski definition) is 1. The first kappa shape index (κ1) is 9.52. The van der Waals surface area contributed by atoms with Crippen molar-refractivity contribution in [3.63, 3.8) is 0 Å². The van der Waals surface area contributed by atoms with Crippen molar-refractivity contribution in [1.82, 2.24) is 5.32 Å². The smallest absolute Gasteiger partial charge is 0.323 e. The van der Waals surface area contributed by atoms with Gasteiger partial charge in [0.15, 0.2) is 0 Å². The normalized spacial score (nSPS) is 29.3. The lowest BCUT2D eigenvalue weighted by Gasteiger charge is -2.20. The van der Waals surface area contributed by atoms with Gasteiger partial charge in [0.05, 0.1) is 7.11 Å². The summed E-state index contributed by atoms with van der Waals surface area (Å²) in [5, 5.41) is 3.16. The standard InChI is InChI=1S/C9H17NO2/c1-6(2)7-4-5-10-8(7)9(11)12-3/h6-8,10H,4-5H2,1-3H3/t7?,8-/m0/s1. The molecule has 3 nitrogen and oxygen atoms in total. The van der Waals surface area contributed by atoms with Crippen LogP contribution in [0.5, 0.6) is 0 Å². The van der Waals surface area contributed by atoms with Gasteiger partial charge in [-0.1, -0.05) is 13.8 Å². The molecule has 0 aromatic heterocycles. The second-order valence-electron chi connectivity index (χ2n) is 3.65. The van der Waals surface area contributed by atoms with E-state index in [0.29, 0.717) is 11.8 Å². The molecular weight excluding hydrogens is 154 g/mol. The zero-order valence-corrected chi connectivity index (χ0v) is 7.96. The molecule has 1 heterocycles. The summed E-state index contributed by atoms with van der Waals surface area (Å²) >= 11 is 0. The first-order valence-electron chi connectivity index (χ1n) is 4.48. The van der Waals surface area contributed by atoms with E-state index >= 15 is 0 Å². The van der Waals surface area contributed by atoms with Crippen molar-refractivity contribution in [3.05, 3.63) is 0 Å². The lowest BCUT2D eigenvalue weighted by molar-refractivity contribution is -0.144. The number of carbonyl (C=O) groups excluding carboxylic acids is 1. The fraction of sp³-hybridized carbons (Fsp3) is 0.889. The van der Waals surface area contributed by atoms with Crippen LogP contribution < -0.4 is 5.32 Å². The molecule has 1 saturated heterocycles. The molecule has 70 valence electrons. The Morgan fingerprint density at radius 2 is 2.25 bits per heavy atom. The van der Waals surface area contributed by atoms with Gasteiger partial charge in [0.1, 0.15) is 6.04 Å². The monoisotopic (exact) mass is 171 g/mol. The van der Waals surface area contributed by atoms with Gasteiger partial charge in [-0.2, -0.15) is 0 Å². The van der Waals surface area contributed by atoms with Crippen molar-refractivity contribution in [2.75, 3.05) is 13.7 Å². The molecule has 12 heavy (non-hydrogen) atoms. The van der Waals surface area contributed by atoms with Gasteiger partial charge in [0.2, 0.25) is 0 Å². The Bertz CT molecular complexity index is 168. The van der Waals surface area contributed by atoms with Crippen molar-refractivity contribution in [2.45, 2.75) is 26.3 Å². The van der Waals surface area contributed by atoms with Gasteiger partial charge in [-0.3, -0.25) is 4.79 Å². The van der Waals surface area contributed by atoms with Crippen LogP contribution in [0.1, 0.15) is 20.3 Å². The van der Waals surface area contributed by atoms with Crippen LogP contribution in [0.15, 0.2) is 0 Å². The van der Waals surface area contributed by atoms with Crippen molar-refractivity contribution in [1.29, 1.82) is 0 Å². The first-order valence-corrected chi connectivity index (χ1v) is 4.48. The van der Waals surface area contributed by atoms with Gasteiger partial charge in [-0.05, 0) is 24.8 Å². The molecule has 1 rings (SSSR count). The number of esters is 1. The predicted molar refractivity (Wildman–Crippen MR) is 46.8 cm³/mol. The molecule has 0 amide bonds. The quantitative estimate of drug-likeness (QED) is 0.624. The van der Waals surface area contributed by atoms with Crippen LogP contribution >= 0.6 is 0 Å². The predicted octanol–water partition coefficient (Wildman–Crippen LogP) is 0.793. The lowest BCUT2D eigenvalue weighted by atomic mass is 9.89. The topological polar surface area (TPSA) is 38.3 Å². The van der Waals surface area contributed by atoms with E-state index in [0.717, 1.165) is 13.0 Å². The number of methoxy groups -OCH3 is 1. The van der Waals surface area contributed by atoms with Crippen LogP contribution in [0.4, 0.5) is 0 Å². The molecular formula is C9H17NO2. The molecule has 0 bridgehead atoms. The second-order valence-corrected chi connectivity index (χ2v) is 3.65. The van der Waals surface area contributed by atoms with E-state index in [1.165, 1.54) is 7.11 Å². The third-order valence-corrected chi connectivity index (χ3v) is 2.58. The average molecular weight is 171 g/mol. The Balaban J connectivity index is 2.57. The van der Waals surface area contributed by atoms with Crippen LogP contribution in [-0.2, 0) is 9.53 Å². The summed E-state index contributed by atoms with van der Waals surface area (Å²) in [4.78, 5) is 11.2. The molecule has 1 fully saturated rings. The summed E-state index contributed by atoms with van der Waals surface area (Å²) < 4.78 is 4.71. The van der Waals surface area contributed by atoms with Crippen molar-refractivity contribution in [3.8, 4) is 0 Å². The lowest BCUT2D eigenvalue weighted by Crippen LogP contribution is -2.38. The van der Waals surface area contributed by atoms with E-state index in [2.05, 4.69) is 19.2 Å². The molecule has 0 aliphatic carbocycles. The number of rotatable bonds is 2. The third-order valence-electron chi connectivity index (χ3n) is 2.58. The highest BCUT2D eigenvalue weighted by molar-refractivity contribution is 5.76. The van der Waals surface area contributed by atoms with Crippen LogP contribution in [-0.4, -0.2) is 25.7 Å². The van der Waals surface area contributed by atoms with E-state index < -0.39 is 0 Å². The largest absolute Gasteiger partial charge is 0.468 e. The minimum Gasteiger partial charge on any atom is -0.468 e. The minimum absolute atomic E-state index is 0.0741. The van der Waals surface area contributed by atoms with Crippen LogP contribution in [0.2, 0.25) is 0 Å². The summed E-state index contributed by atoms with van der Waals surface area (Å²) in [7, 11) is 1.44. The molecule has 1 unspecified atom stereocenters. The summed E-state index contributed by atoms with van der Waals surface area (Å²) in [6.45, 7) is 5.23. The average Bonchev–Trinajstić information content (AvgIpc) is 2.50. The fourth-order valence-corrected chi connectivity index (χ4v) is 1.83. The van der Waals surface area contributed by atoms with Gasteiger partial charge in [0, 0.05) is 0 Å². The second kappa shape index (κ2) is 3.90. The zero-order valence-electron chi connectivity index (χ0n) is 7.96. The summed E-state index contributed by atoms with van der Waals surface area (Å²) in [6.07, 6.45) is 1.08. The molecule has 3 heteroatoms. The zero-order chi connectivity index (χ0) is 9.14. The highest BCUT2D eigenvalue weighted by Crippen LogP contribution is 2.24. The molecule has 0 saturated carbocycles.